The summed E-state index contributed by atoms with van der Waals surface area (Å²) in [7, 11) is 1.95. The molecule has 110 valence electrons. The number of anilines is 1. The van der Waals surface area contributed by atoms with Gasteiger partial charge >= 0.3 is 0 Å². The van der Waals surface area contributed by atoms with E-state index in [0.29, 0.717) is 11.8 Å². The monoisotopic (exact) mass is 300 g/mol. The average molecular weight is 300 g/mol. The highest BCUT2D eigenvalue weighted by Gasteiger charge is 2.05. The van der Waals surface area contributed by atoms with E-state index in [2.05, 4.69) is 41.8 Å². The predicted octanol–water partition coefficient (Wildman–Crippen LogP) is 3.70. The second kappa shape index (κ2) is 7.86. The third-order valence-corrected chi connectivity index (χ3v) is 4.25. The minimum atomic E-state index is 0.0128. The Balaban J connectivity index is 1.84. The fraction of sp³-hybridized carbons (Fsp3) is 0.235. The molecular formula is C17H20N2OS. The molecule has 1 unspecified atom stereocenters. The van der Waals surface area contributed by atoms with Gasteiger partial charge in [-0.3, -0.25) is 4.79 Å². The quantitative estimate of drug-likeness (QED) is 0.799. The normalized spacial score (nSPS) is 11.9. The third kappa shape index (κ3) is 4.92. The van der Waals surface area contributed by atoms with Gasteiger partial charge < -0.3 is 10.6 Å². The van der Waals surface area contributed by atoms with Gasteiger partial charge in [0.2, 0.25) is 5.91 Å². The summed E-state index contributed by atoms with van der Waals surface area (Å²) in [6.45, 7) is 2.12. The zero-order valence-electron chi connectivity index (χ0n) is 12.3. The minimum Gasteiger partial charge on any atom is -0.325 e. The van der Waals surface area contributed by atoms with E-state index in [0.717, 1.165) is 10.6 Å². The van der Waals surface area contributed by atoms with Crippen LogP contribution in [0, 0.1) is 0 Å². The van der Waals surface area contributed by atoms with Crippen molar-refractivity contribution >= 4 is 23.4 Å². The summed E-state index contributed by atoms with van der Waals surface area (Å²) in [6.07, 6.45) is 0. The first-order chi connectivity index (χ1) is 10.2. The summed E-state index contributed by atoms with van der Waals surface area (Å²) in [5, 5.41) is 6.09. The lowest BCUT2D eigenvalue weighted by molar-refractivity contribution is -0.113. The van der Waals surface area contributed by atoms with Crippen LogP contribution >= 0.6 is 11.8 Å². The number of benzene rings is 2. The number of para-hydroxylation sites is 1. The van der Waals surface area contributed by atoms with E-state index in [1.807, 2.05) is 37.4 Å². The van der Waals surface area contributed by atoms with Crippen molar-refractivity contribution in [1.29, 1.82) is 0 Å². The molecule has 0 spiro atoms. The Kier molecular flexibility index (Phi) is 5.84. The van der Waals surface area contributed by atoms with Crippen LogP contribution in [0.2, 0.25) is 0 Å². The van der Waals surface area contributed by atoms with E-state index in [1.165, 1.54) is 5.56 Å². The molecule has 2 N–H and O–H groups in total. The number of rotatable bonds is 6. The van der Waals surface area contributed by atoms with Gasteiger partial charge in [0.15, 0.2) is 0 Å². The van der Waals surface area contributed by atoms with E-state index in [4.69, 9.17) is 0 Å². The van der Waals surface area contributed by atoms with Crippen molar-refractivity contribution in [2.75, 3.05) is 18.1 Å². The highest BCUT2D eigenvalue weighted by molar-refractivity contribution is 8.00. The molecule has 4 heteroatoms. The fourth-order valence-corrected chi connectivity index (χ4v) is 2.59. The van der Waals surface area contributed by atoms with Gasteiger partial charge in [-0.25, -0.2) is 0 Å². The number of amides is 1. The van der Waals surface area contributed by atoms with Crippen molar-refractivity contribution in [3.8, 4) is 0 Å². The highest BCUT2D eigenvalue weighted by atomic mass is 32.2. The first kappa shape index (κ1) is 15.6. The maximum atomic E-state index is 11.9. The van der Waals surface area contributed by atoms with Gasteiger partial charge in [-0.2, -0.15) is 0 Å². The molecule has 0 aliphatic carbocycles. The van der Waals surface area contributed by atoms with Crippen LogP contribution in [0.15, 0.2) is 59.5 Å². The molecule has 2 aromatic carbocycles. The maximum Gasteiger partial charge on any atom is 0.234 e. The van der Waals surface area contributed by atoms with Crippen molar-refractivity contribution in [3.63, 3.8) is 0 Å². The standard InChI is InChI=1S/C17H20N2OS/c1-13(18-2)14-8-10-16(11-9-14)21-12-17(20)19-15-6-4-3-5-7-15/h3-11,13,18H,12H2,1-2H3,(H,19,20). The van der Waals surface area contributed by atoms with E-state index in [1.54, 1.807) is 11.8 Å². The van der Waals surface area contributed by atoms with Gasteiger partial charge in [0.1, 0.15) is 0 Å². The molecule has 21 heavy (non-hydrogen) atoms. The molecule has 3 nitrogen and oxygen atoms in total. The summed E-state index contributed by atoms with van der Waals surface area (Å²) in [5.74, 6) is 0.425. The molecule has 0 saturated heterocycles. The van der Waals surface area contributed by atoms with Crippen LogP contribution in [0.1, 0.15) is 18.5 Å². The second-order valence-corrected chi connectivity index (χ2v) is 5.83. The van der Waals surface area contributed by atoms with Gasteiger partial charge in [-0.15, -0.1) is 11.8 Å². The van der Waals surface area contributed by atoms with Crippen molar-refractivity contribution in [3.05, 3.63) is 60.2 Å². The van der Waals surface area contributed by atoms with Gasteiger partial charge in [0, 0.05) is 16.6 Å². The van der Waals surface area contributed by atoms with Crippen LogP contribution in [-0.4, -0.2) is 18.7 Å². The topological polar surface area (TPSA) is 41.1 Å². The van der Waals surface area contributed by atoms with Crippen LogP contribution in [-0.2, 0) is 4.79 Å². The zero-order valence-corrected chi connectivity index (χ0v) is 13.1. The van der Waals surface area contributed by atoms with Gasteiger partial charge in [-0.1, -0.05) is 30.3 Å². The first-order valence-corrected chi connectivity index (χ1v) is 7.92. The molecule has 2 aromatic rings. The third-order valence-electron chi connectivity index (χ3n) is 3.24. The van der Waals surface area contributed by atoms with E-state index in [9.17, 15) is 4.79 Å². The van der Waals surface area contributed by atoms with Crippen molar-refractivity contribution < 1.29 is 4.79 Å². The molecule has 0 aromatic heterocycles. The number of hydrogen-bond acceptors (Lipinski definition) is 3. The Morgan fingerprint density at radius 1 is 1.10 bits per heavy atom. The number of thioether (sulfide) groups is 1. The molecule has 0 fully saturated rings. The molecule has 2 rings (SSSR count). The summed E-state index contributed by atoms with van der Waals surface area (Å²) < 4.78 is 0. The maximum absolute atomic E-state index is 11.9. The Labute approximate surface area is 130 Å². The lowest BCUT2D eigenvalue weighted by Gasteiger charge is -2.11. The van der Waals surface area contributed by atoms with Crippen LogP contribution in [0.3, 0.4) is 0 Å². The molecule has 0 radical (unpaired) electrons. The van der Waals surface area contributed by atoms with Crippen LogP contribution < -0.4 is 10.6 Å². The molecule has 0 bridgehead atoms. The van der Waals surface area contributed by atoms with Crippen LogP contribution in [0.25, 0.3) is 0 Å². The summed E-state index contributed by atoms with van der Waals surface area (Å²) >= 11 is 1.54. The van der Waals surface area contributed by atoms with Crippen LogP contribution in [0.5, 0.6) is 0 Å². The molecule has 0 saturated carbocycles. The Morgan fingerprint density at radius 3 is 2.38 bits per heavy atom. The molecule has 0 heterocycles. The lowest BCUT2D eigenvalue weighted by Crippen LogP contribution is -2.14. The molecular weight excluding hydrogens is 280 g/mol. The summed E-state index contributed by atoms with van der Waals surface area (Å²) in [5.41, 5.74) is 2.08. The lowest BCUT2D eigenvalue weighted by atomic mass is 10.1. The SMILES string of the molecule is CNC(C)c1ccc(SCC(=O)Nc2ccccc2)cc1. The number of nitrogens with one attached hydrogen (secondary N) is 2. The van der Waals surface area contributed by atoms with Gasteiger partial charge in [0.05, 0.1) is 5.75 Å². The molecule has 1 amide bonds. The van der Waals surface area contributed by atoms with E-state index in [-0.39, 0.29) is 5.91 Å². The minimum absolute atomic E-state index is 0.0128. The molecule has 0 aliphatic heterocycles. The van der Waals surface area contributed by atoms with E-state index < -0.39 is 0 Å². The van der Waals surface area contributed by atoms with Gasteiger partial charge in [-0.05, 0) is 43.8 Å². The Bertz CT molecular complexity index is 569. The Morgan fingerprint density at radius 2 is 1.76 bits per heavy atom. The summed E-state index contributed by atoms with van der Waals surface area (Å²) in [4.78, 5) is 13.0. The predicted molar refractivity (Wildman–Crippen MR) is 89.7 cm³/mol. The van der Waals surface area contributed by atoms with Crippen molar-refractivity contribution in [2.45, 2.75) is 17.9 Å². The summed E-state index contributed by atoms with van der Waals surface area (Å²) in [6, 6.07) is 18.2. The average Bonchev–Trinajstić information content (AvgIpc) is 2.53. The largest absolute Gasteiger partial charge is 0.325 e. The zero-order chi connectivity index (χ0) is 15.1. The van der Waals surface area contributed by atoms with Gasteiger partial charge in [0.25, 0.3) is 0 Å². The van der Waals surface area contributed by atoms with Crippen molar-refractivity contribution in [2.24, 2.45) is 0 Å². The van der Waals surface area contributed by atoms with E-state index >= 15 is 0 Å². The van der Waals surface area contributed by atoms with Crippen molar-refractivity contribution in [1.82, 2.24) is 5.32 Å². The number of carbonyl (C=O) groups excluding carboxylic acids is 1. The van der Waals surface area contributed by atoms with Crippen LogP contribution in [0.4, 0.5) is 5.69 Å². The smallest absolute Gasteiger partial charge is 0.234 e. The number of carbonyl (C=O) groups is 1. The highest BCUT2D eigenvalue weighted by Crippen LogP contribution is 2.21. The number of hydrogen-bond donors (Lipinski definition) is 2. The molecule has 0 aliphatic rings. The fourth-order valence-electron chi connectivity index (χ4n) is 1.89. The molecule has 1 atom stereocenters. The Hall–Kier alpha value is -1.78. The second-order valence-electron chi connectivity index (χ2n) is 4.78. The first-order valence-electron chi connectivity index (χ1n) is 6.94.